The molecular weight excluding hydrogens is 418 g/mol. The van der Waals surface area contributed by atoms with Crippen molar-refractivity contribution in [2.24, 2.45) is 0 Å². The van der Waals surface area contributed by atoms with E-state index in [1.54, 1.807) is 0 Å². The molecule has 0 amide bonds. The Bertz CT molecular complexity index is 6.00. The molecule has 0 unspecified atom stereocenters. The minimum absolute atomic E-state index is 0. The zero-order chi connectivity index (χ0) is 0. The van der Waals surface area contributed by atoms with Crippen LogP contribution in [0, 0.1) is 0 Å². The standard InChI is InChI=1S/Hf.2H2O.Pb.2H/h;2*1H2;;;. The van der Waals surface area contributed by atoms with Crippen molar-refractivity contribution in [2.75, 3.05) is 0 Å². The van der Waals surface area contributed by atoms with E-state index in [0.717, 1.165) is 0 Å². The van der Waals surface area contributed by atoms with Gasteiger partial charge in [-0.3, -0.25) is 0 Å². The van der Waals surface area contributed by atoms with Crippen LogP contribution in [0.4, 0.5) is 0 Å². The van der Waals surface area contributed by atoms with Gasteiger partial charge in [0.1, 0.15) is 0 Å². The first-order valence-corrected chi connectivity index (χ1v) is 0. The molecule has 26 valence electrons. The summed E-state index contributed by atoms with van der Waals surface area (Å²) in [6.07, 6.45) is 0. The molecule has 0 aromatic carbocycles. The molecule has 0 bridgehead atoms. The van der Waals surface area contributed by atoms with Gasteiger partial charge in [0.05, 0.1) is 0 Å². The Balaban J connectivity index is 0. The van der Waals surface area contributed by atoms with Crippen molar-refractivity contribution in [2.45, 2.75) is 0 Å². The van der Waals surface area contributed by atoms with E-state index in [1.165, 1.54) is 0 Å². The summed E-state index contributed by atoms with van der Waals surface area (Å²) in [5.41, 5.74) is 0. The summed E-state index contributed by atoms with van der Waals surface area (Å²) in [6, 6.07) is 0. The zero-order valence-electron chi connectivity index (χ0n) is 2.21. The van der Waals surface area contributed by atoms with Gasteiger partial charge in [-0.25, -0.2) is 0 Å². The third-order valence-electron chi connectivity index (χ3n) is 0. The summed E-state index contributed by atoms with van der Waals surface area (Å²) in [7, 11) is 0. The van der Waals surface area contributed by atoms with Crippen LogP contribution in [-0.2, 0) is 25.8 Å². The SMILES string of the molecule is O.O.[Hf].[PbH2]. The third kappa shape index (κ3) is 9.31. The Morgan fingerprint density at radius 1 is 0.750 bits per heavy atom. The first-order valence-electron chi connectivity index (χ1n) is 0. The molecule has 4 N–H and O–H groups in total. The molecule has 0 rings (SSSR count). The predicted molar refractivity (Wildman–Crippen MR) is 15.8 cm³/mol. The third-order valence-corrected chi connectivity index (χ3v) is 0. The van der Waals surface area contributed by atoms with Crippen LogP contribution >= 0.6 is 0 Å². The molecule has 0 saturated heterocycles. The summed E-state index contributed by atoms with van der Waals surface area (Å²) >= 11 is 0. The first-order chi connectivity index (χ1) is 0. The number of rotatable bonds is 0. The van der Waals surface area contributed by atoms with Crippen molar-refractivity contribution in [3.63, 3.8) is 0 Å². The molecule has 2 radical (unpaired) electrons. The van der Waals surface area contributed by atoms with Crippen LogP contribution in [0.25, 0.3) is 0 Å². The number of hydrogen-bond acceptors (Lipinski definition) is 0. The van der Waals surface area contributed by atoms with Crippen molar-refractivity contribution in [3.05, 3.63) is 0 Å². The molecule has 0 atom stereocenters. The zero-order valence-corrected chi connectivity index (χ0v) is 11.3. The second-order valence-corrected chi connectivity index (χ2v) is 0. The predicted octanol–water partition coefficient (Wildman–Crippen LogP) is -2.57. The van der Waals surface area contributed by atoms with E-state index in [9.17, 15) is 0 Å². The van der Waals surface area contributed by atoms with E-state index < -0.39 is 0 Å². The quantitative estimate of drug-likeness (QED) is 0.385. The van der Waals surface area contributed by atoms with Gasteiger partial charge in [0.2, 0.25) is 0 Å². The van der Waals surface area contributed by atoms with E-state index in [2.05, 4.69) is 0 Å². The maximum atomic E-state index is 0. The maximum absolute atomic E-state index is 0. The molecule has 2 nitrogen and oxygen atoms in total. The van der Waals surface area contributed by atoms with Crippen LogP contribution < -0.4 is 0 Å². The van der Waals surface area contributed by atoms with Gasteiger partial charge in [0, 0.05) is 25.8 Å². The number of hydrogen-bond donors (Lipinski definition) is 0. The molecule has 4 heteroatoms. The van der Waals surface area contributed by atoms with Gasteiger partial charge in [-0.2, -0.15) is 0 Å². The molecule has 0 aliphatic rings. The van der Waals surface area contributed by atoms with Gasteiger partial charge < -0.3 is 11.0 Å². The van der Waals surface area contributed by atoms with Crippen LogP contribution in [0.1, 0.15) is 0 Å². The molecule has 0 fully saturated rings. The normalized spacial score (nSPS) is 0. The van der Waals surface area contributed by atoms with E-state index in [4.69, 9.17) is 0 Å². The molecule has 4 heavy (non-hydrogen) atoms. The van der Waals surface area contributed by atoms with E-state index >= 15 is 0 Å². The molecular formula is H6HfO2Pb. The van der Waals surface area contributed by atoms with Gasteiger partial charge in [-0.15, -0.1) is 0 Å². The molecule has 0 aromatic heterocycles. The van der Waals surface area contributed by atoms with Gasteiger partial charge >= 0.3 is 27.3 Å². The second kappa shape index (κ2) is 22.2. The molecule has 0 aliphatic carbocycles. The summed E-state index contributed by atoms with van der Waals surface area (Å²) in [4.78, 5) is 0. The van der Waals surface area contributed by atoms with Crippen LogP contribution in [-0.4, -0.2) is 38.3 Å². The Morgan fingerprint density at radius 3 is 0.750 bits per heavy atom. The first kappa shape index (κ1) is 43.3. The van der Waals surface area contributed by atoms with Crippen molar-refractivity contribution in [1.29, 1.82) is 0 Å². The topological polar surface area (TPSA) is 63.0 Å². The average Bonchev–Trinajstić information content (AvgIpc) is 0. The van der Waals surface area contributed by atoms with E-state index in [0.29, 0.717) is 0 Å². The fraction of sp³-hybridized carbons (Fsp3) is 0. The summed E-state index contributed by atoms with van der Waals surface area (Å²) in [6.45, 7) is 0. The molecule has 0 aliphatic heterocycles. The van der Waals surface area contributed by atoms with Crippen molar-refractivity contribution in [1.82, 2.24) is 0 Å². The van der Waals surface area contributed by atoms with Gasteiger partial charge in [-0.05, 0) is 0 Å². The van der Waals surface area contributed by atoms with Crippen LogP contribution in [0.3, 0.4) is 0 Å². The fourth-order valence-electron chi connectivity index (χ4n) is 0. The Hall–Kier alpha value is 1.71. The molecule has 0 spiro atoms. The summed E-state index contributed by atoms with van der Waals surface area (Å²) < 4.78 is 0. The van der Waals surface area contributed by atoms with Gasteiger partial charge in [0.15, 0.2) is 0 Å². The molecule has 0 heterocycles. The Morgan fingerprint density at radius 2 is 0.750 bits per heavy atom. The van der Waals surface area contributed by atoms with Crippen LogP contribution in [0.2, 0.25) is 0 Å². The van der Waals surface area contributed by atoms with E-state index in [1.807, 2.05) is 0 Å². The average molecular weight is 424 g/mol. The second-order valence-electron chi connectivity index (χ2n) is 0. The van der Waals surface area contributed by atoms with Crippen LogP contribution in [0.15, 0.2) is 0 Å². The fourth-order valence-corrected chi connectivity index (χ4v) is 0. The summed E-state index contributed by atoms with van der Waals surface area (Å²) in [5.74, 6) is 0. The summed E-state index contributed by atoms with van der Waals surface area (Å²) in [5, 5.41) is 0. The molecule has 0 saturated carbocycles. The van der Waals surface area contributed by atoms with Crippen molar-refractivity contribution < 1.29 is 36.8 Å². The minimum atomic E-state index is 0. The Labute approximate surface area is 63.5 Å². The monoisotopic (exact) mass is 426 g/mol. The van der Waals surface area contributed by atoms with Crippen molar-refractivity contribution >= 4 is 27.3 Å². The van der Waals surface area contributed by atoms with E-state index in [-0.39, 0.29) is 64.1 Å². The molecule has 0 aromatic rings. The van der Waals surface area contributed by atoms with Crippen LogP contribution in [0.5, 0.6) is 0 Å². The van der Waals surface area contributed by atoms with Gasteiger partial charge in [-0.1, -0.05) is 0 Å². The van der Waals surface area contributed by atoms with Gasteiger partial charge in [0.25, 0.3) is 0 Å². The van der Waals surface area contributed by atoms with Crippen molar-refractivity contribution in [3.8, 4) is 0 Å². The Kier molecular flexibility index (Phi) is 240.